The molecule has 4 heteroatoms. The molecule has 1 unspecified atom stereocenters. The van der Waals surface area contributed by atoms with Crippen molar-refractivity contribution in [1.82, 2.24) is 5.32 Å². The number of nitrogens with one attached hydrogen (secondary N) is 1. The Morgan fingerprint density at radius 3 is 3.06 bits per heavy atom. The van der Waals surface area contributed by atoms with Crippen LogP contribution in [0.2, 0.25) is 0 Å². The maximum absolute atomic E-state index is 11.5. The van der Waals surface area contributed by atoms with Gasteiger partial charge < -0.3 is 10.1 Å². The average molecular weight is 237 g/mol. The molecule has 1 aliphatic rings. The van der Waals surface area contributed by atoms with Crippen LogP contribution in [0.4, 0.5) is 0 Å². The summed E-state index contributed by atoms with van der Waals surface area (Å²) < 4.78 is 5.31. The molecule has 1 atom stereocenters. The highest BCUT2D eigenvalue weighted by Gasteiger charge is 2.20. The van der Waals surface area contributed by atoms with Crippen LogP contribution in [-0.2, 0) is 4.79 Å². The molecule has 16 heavy (non-hydrogen) atoms. The number of methoxy groups -OCH3 is 1. The zero-order valence-corrected chi connectivity index (χ0v) is 10.0. The van der Waals surface area contributed by atoms with E-state index in [0.29, 0.717) is 6.42 Å². The van der Waals surface area contributed by atoms with Crippen LogP contribution in [0.5, 0.6) is 5.75 Å². The van der Waals surface area contributed by atoms with Crippen LogP contribution in [0.1, 0.15) is 18.0 Å². The van der Waals surface area contributed by atoms with Crippen LogP contribution in [0.15, 0.2) is 24.3 Å². The molecule has 0 spiro atoms. The Morgan fingerprint density at radius 2 is 2.25 bits per heavy atom. The van der Waals surface area contributed by atoms with Crippen molar-refractivity contribution in [3.8, 4) is 5.75 Å². The smallest absolute Gasteiger partial charge is 0.221 e. The van der Waals surface area contributed by atoms with Crippen molar-refractivity contribution in [1.29, 1.82) is 0 Å². The molecule has 0 aromatic heterocycles. The fourth-order valence-corrected chi connectivity index (χ4v) is 2.79. The Balaban J connectivity index is 2.24. The van der Waals surface area contributed by atoms with Crippen molar-refractivity contribution in [2.75, 3.05) is 18.6 Å². The van der Waals surface area contributed by atoms with Gasteiger partial charge in [0, 0.05) is 23.5 Å². The van der Waals surface area contributed by atoms with E-state index in [-0.39, 0.29) is 11.9 Å². The van der Waals surface area contributed by atoms with Crippen molar-refractivity contribution in [2.45, 2.75) is 12.5 Å². The summed E-state index contributed by atoms with van der Waals surface area (Å²) in [6.07, 6.45) is 0.607. The fraction of sp³-hybridized carbons (Fsp3) is 0.417. The molecule has 2 rings (SSSR count). The fourth-order valence-electron chi connectivity index (χ4n) is 1.80. The molecule has 0 radical (unpaired) electrons. The van der Waals surface area contributed by atoms with Gasteiger partial charge in [-0.25, -0.2) is 0 Å². The molecular weight excluding hydrogens is 222 g/mol. The summed E-state index contributed by atoms with van der Waals surface area (Å²) in [5.74, 6) is 2.78. The van der Waals surface area contributed by atoms with Gasteiger partial charge >= 0.3 is 0 Å². The van der Waals surface area contributed by atoms with Crippen LogP contribution in [0, 0.1) is 0 Å². The number of thioether (sulfide) groups is 1. The van der Waals surface area contributed by atoms with Gasteiger partial charge in [0.1, 0.15) is 5.75 Å². The van der Waals surface area contributed by atoms with Gasteiger partial charge in [-0.05, 0) is 6.07 Å². The number of carbonyl (C=O) groups excluding carboxylic acids is 1. The number of ether oxygens (including phenoxy) is 1. The number of hydrogen-bond acceptors (Lipinski definition) is 3. The Bertz CT molecular complexity index is 381. The number of para-hydroxylation sites is 1. The molecule has 1 N–H and O–H groups in total. The van der Waals surface area contributed by atoms with Gasteiger partial charge in [0.2, 0.25) is 5.91 Å². The van der Waals surface area contributed by atoms with Gasteiger partial charge in [-0.2, -0.15) is 11.8 Å². The zero-order chi connectivity index (χ0) is 11.4. The minimum Gasteiger partial charge on any atom is -0.496 e. The predicted molar refractivity (Wildman–Crippen MR) is 65.8 cm³/mol. The third kappa shape index (κ3) is 2.50. The first-order valence-corrected chi connectivity index (χ1v) is 6.47. The minimum atomic E-state index is 0.0659. The summed E-state index contributed by atoms with van der Waals surface area (Å²) >= 11 is 1.80. The third-order valence-corrected chi connectivity index (χ3v) is 3.67. The second-order valence-electron chi connectivity index (χ2n) is 3.69. The van der Waals surface area contributed by atoms with Gasteiger partial charge in [0.15, 0.2) is 0 Å². The Morgan fingerprint density at radius 1 is 1.44 bits per heavy atom. The van der Waals surface area contributed by atoms with Crippen molar-refractivity contribution in [2.24, 2.45) is 0 Å². The first-order chi connectivity index (χ1) is 7.81. The molecule has 1 amide bonds. The van der Waals surface area contributed by atoms with E-state index in [1.165, 1.54) is 0 Å². The largest absolute Gasteiger partial charge is 0.496 e. The molecule has 1 aliphatic heterocycles. The lowest BCUT2D eigenvalue weighted by atomic mass is 10.1. The van der Waals surface area contributed by atoms with Gasteiger partial charge in [-0.1, -0.05) is 18.2 Å². The molecule has 1 fully saturated rings. The van der Waals surface area contributed by atoms with Crippen molar-refractivity contribution in [3.05, 3.63) is 29.8 Å². The van der Waals surface area contributed by atoms with E-state index in [4.69, 9.17) is 4.74 Å². The Hall–Kier alpha value is -1.16. The summed E-state index contributed by atoms with van der Waals surface area (Å²) in [6, 6.07) is 7.91. The average Bonchev–Trinajstić information content (AvgIpc) is 2.54. The first kappa shape index (κ1) is 11.3. The molecule has 1 aromatic carbocycles. The van der Waals surface area contributed by atoms with E-state index in [9.17, 15) is 4.79 Å². The number of benzene rings is 1. The normalized spacial score (nSPS) is 21.1. The molecule has 1 aromatic rings. The van der Waals surface area contributed by atoms with E-state index in [1.54, 1.807) is 18.9 Å². The van der Waals surface area contributed by atoms with Crippen LogP contribution in [0.3, 0.4) is 0 Å². The summed E-state index contributed by atoms with van der Waals surface area (Å²) in [5, 5.41) is 3.03. The van der Waals surface area contributed by atoms with Crippen LogP contribution < -0.4 is 10.1 Å². The molecule has 1 saturated heterocycles. The van der Waals surface area contributed by atoms with Crippen molar-refractivity contribution < 1.29 is 9.53 Å². The molecule has 1 heterocycles. The SMILES string of the molecule is COc1ccccc1C1CSCCC(=O)N1. The Labute approximate surface area is 99.6 Å². The topological polar surface area (TPSA) is 38.3 Å². The number of rotatable bonds is 2. The van der Waals surface area contributed by atoms with Crippen LogP contribution in [0.25, 0.3) is 0 Å². The quantitative estimate of drug-likeness (QED) is 0.855. The van der Waals surface area contributed by atoms with Crippen LogP contribution in [-0.4, -0.2) is 24.5 Å². The van der Waals surface area contributed by atoms with Crippen molar-refractivity contribution >= 4 is 17.7 Å². The molecule has 0 aliphatic carbocycles. The number of carbonyl (C=O) groups is 1. The van der Waals surface area contributed by atoms with E-state index >= 15 is 0 Å². The van der Waals surface area contributed by atoms with E-state index < -0.39 is 0 Å². The van der Waals surface area contributed by atoms with Gasteiger partial charge in [-0.15, -0.1) is 0 Å². The molecule has 0 saturated carbocycles. The lowest BCUT2D eigenvalue weighted by Gasteiger charge is -2.18. The standard InChI is InChI=1S/C12H15NO2S/c1-15-11-5-3-2-4-9(11)10-8-16-7-6-12(14)13-10/h2-5,10H,6-8H2,1H3,(H,13,14). The second kappa shape index (κ2) is 5.25. The van der Waals surface area contributed by atoms with E-state index in [1.807, 2.05) is 24.3 Å². The van der Waals surface area contributed by atoms with Crippen molar-refractivity contribution in [3.63, 3.8) is 0 Å². The van der Waals surface area contributed by atoms with Gasteiger partial charge in [-0.3, -0.25) is 4.79 Å². The maximum atomic E-state index is 11.5. The summed E-state index contributed by atoms with van der Waals surface area (Å²) in [6.45, 7) is 0. The zero-order valence-electron chi connectivity index (χ0n) is 9.23. The Kier molecular flexibility index (Phi) is 3.72. The minimum absolute atomic E-state index is 0.0659. The monoisotopic (exact) mass is 237 g/mol. The highest BCUT2D eigenvalue weighted by atomic mass is 32.2. The number of hydrogen-bond donors (Lipinski definition) is 1. The third-order valence-electron chi connectivity index (χ3n) is 2.61. The van der Waals surface area contributed by atoms with E-state index in [2.05, 4.69) is 5.32 Å². The molecule has 3 nitrogen and oxygen atoms in total. The first-order valence-electron chi connectivity index (χ1n) is 5.31. The predicted octanol–water partition coefficient (Wildman–Crippen LogP) is 1.99. The maximum Gasteiger partial charge on any atom is 0.221 e. The molecule has 86 valence electrons. The van der Waals surface area contributed by atoms with Gasteiger partial charge in [0.05, 0.1) is 13.2 Å². The lowest BCUT2D eigenvalue weighted by Crippen LogP contribution is -2.28. The summed E-state index contributed by atoms with van der Waals surface area (Å²) in [4.78, 5) is 11.5. The van der Waals surface area contributed by atoms with E-state index in [0.717, 1.165) is 22.8 Å². The lowest BCUT2D eigenvalue weighted by molar-refractivity contribution is -0.121. The molecule has 0 bridgehead atoms. The molecular formula is C12H15NO2S. The highest BCUT2D eigenvalue weighted by Crippen LogP contribution is 2.28. The highest BCUT2D eigenvalue weighted by molar-refractivity contribution is 7.99. The van der Waals surface area contributed by atoms with Crippen LogP contribution >= 0.6 is 11.8 Å². The summed E-state index contributed by atoms with van der Waals surface area (Å²) in [5.41, 5.74) is 1.06. The summed E-state index contributed by atoms with van der Waals surface area (Å²) in [7, 11) is 1.66. The van der Waals surface area contributed by atoms with Gasteiger partial charge in [0.25, 0.3) is 0 Å². The second-order valence-corrected chi connectivity index (χ2v) is 4.84. The number of amides is 1.